The van der Waals surface area contributed by atoms with Crippen molar-refractivity contribution < 1.29 is 19.1 Å². The van der Waals surface area contributed by atoms with Crippen molar-refractivity contribution in [3.05, 3.63) is 65.2 Å². The molecule has 2 aromatic carbocycles. The highest BCUT2D eigenvalue weighted by Crippen LogP contribution is 2.24. The maximum Gasteiger partial charge on any atom is 0.344 e. The highest BCUT2D eigenvalue weighted by molar-refractivity contribution is 6.02. The van der Waals surface area contributed by atoms with Crippen molar-refractivity contribution in [3.8, 4) is 5.75 Å². The van der Waals surface area contributed by atoms with Gasteiger partial charge in [-0.15, -0.1) is 0 Å². The van der Waals surface area contributed by atoms with E-state index >= 15 is 0 Å². The Hall–Kier alpha value is -3.15. The number of ether oxygens (including phenoxy) is 2. The first-order valence-electron chi connectivity index (χ1n) is 9.76. The maximum absolute atomic E-state index is 12.3. The third-order valence-electron chi connectivity index (χ3n) is 4.78. The fourth-order valence-corrected chi connectivity index (χ4v) is 3.00. The van der Waals surface area contributed by atoms with Crippen LogP contribution in [0.15, 0.2) is 53.6 Å². The van der Waals surface area contributed by atoms with E-state index in [-0.39, 0.29) is 19.1 Å². The van der Waals surface area contributed by atoms with Gasteiger partial charge in [-0.3, -0.25) is 4.79 Å². The normalized spacial score (nSPS) is 13.4. The summed E-state index contributed by atoms with van der Waals surface area (Å²) in [7, 11) is 0. The van der Waals surface area contributed by atoms with Crippen molar-refractivity contribution >= 4 is 17.6 Å². The minimum absolute atomic E-state index is 0.242. The van der Waals surface area contributed by atoms with E-state index in [4.69, 9.17) is 9.47 Å². The molecule has 0 atom stereocenters. The lowest BCUT2D eigenvalue weighted by Crippen LogP contribution is -2.29. The molecule has 0 spiro atoms. The van der Waals surface area contributed by atoms with E-state index in [1.54, 1.807) is 0 Å². The number of hydrazone groups is 1. The Bertz CT molecular complexity index is 906. The molecule has 0 fully saturated rings. The number of hydrogen-bond donors (Lipinski definition) is 0. The highest BCUT2D eigenvalue weighted by atomic mass is 16.6. The van der Waals surface area contributed by atoms with Gasteiger partial charge in [0.2, 0.25) is 0 Å². The molecule has 0 aromatic heterocycles. The van der Waals surface area contributed by atoms with Crippen LogP contribution in [0.3, 0.4) is 0 Å². The summed E-state index contributed by atoms with van der Waals surface area (Å²) < 4.78 is 10.7. The Morgan fingerprint density at radius 3 is 2.59 bits per heavy atom. The second-order valence-electron chi connectivity index (χ2n) is 7.31. The van der Waals surface area contributed by atoms with Crippen LogP contribution in [0, 0.1) is 6.92 Å². The van der Waals surface area contributed by atoms with Gasteiger partial charge in [0, 0.05) is 6.42 Å². The van der Waals surface area contributed by atoms with Gasteiger partial charge in [0.05, 0.1) is 12.3 Å². The summed E-state index contributed by atoms with van der Waals surface area (Å²) in [5.74, 6) is 0.0851. The fraction of sp³-hybridized carbons (Fsp3) is 0.348. The van der Waals surface area contributed by atoms with Crippen LogP contribution in [0.2, 0.25) is 0 Å². The van der Waals surface area contributed by atoms with E-state index in [2.05, 4.69) is 18.9 Å². The van der Waals surface area contributed by atoms with Crippen molar-refractivity contribution in [3.63, 3.8) is 0 Å². The summed E-state index contributed by atoms with van der Waals surface area (Å²) in [4.78, 5) is 24.3. The number of carbonyl (C=O) groups is 2. The minimum atomic E-state index is -0.584. The van der Waals surface area contributed by atoms with Crippen LogP contribution in [0.25, 0.3) is 0 Å². The molecule has 0 radical (unpaired) electrons. The first-order chi connectivity index (χ1) is 13.9. The van der Waals surface area contributed by atoms with Gasteiger partial charge in [-0.2, -0.15) is 5.10 Å². The Kier molecular flexibility index (Phi) is 6.65. The largest absolute Gasteiger partial charge is 0.482 e. The number of carbonyl (C=O) groups excluding carboxylic acids is 2. The number of rotatable bonds is 7. The zero-order valence-electron chi connectivity index (χ0n) is 17.1. The van der Waals surface area contributed by atoms with Crippen LogP contribution in [0.4, 0.5) is 0 Å². The molecule has 2 aromatic rings. The standard InChI is InChI=1S/C23H26N2O4/c1-16(2)19-10-9-17(3)21(13-19)28-15-23(27)29-14-22(26)25-12-11-20(24-25)18-7-5-4-6-8-18/h4-10,13,16H,11-12,14-15H2,1-3H3. The molecule has 0 N–H and O–H groups in total. The predicted octanol–water partition coefficient (Wildman–Crippen LogP) is 3.68. The molecule has 0 saturated carbocycles. The molecule has 1 heterocycles. The topological polar surface area (TPSA) is 68.2 Å². The molecule has 152 valence electrons. The summed E-state index contributed by atoms with van der Waals surface area (Å²) in [6.45, 7) is 6.01. The molecule has 0 bridgehead atoms. The summed E-state index contributed by atoms with van der Waals surface area (Å²) in [5, 5.41) is 5.70. The molecule has 0 saturated heterocycles. The van der Waals surface area contributed by atoms with Gasteiger partial charge in [-0.05, 0) is 35.6 Å². The molecule has 1 aliphatic rings. The number of hydrogen-bond acceptors (Lipinski definition) is 5. The van der Waals surface area contributed by atoms with Crippen molar-refractivity contribution in [2.45, 2.75) is 33.1 Å². The quantitative estimate of drug-likeness (QED) is 0.672. The lowest BCUT2D eigenvalue weighted by atomic mass is 10.0. The molecule has 6 heteroatoms. The highest BCUT2D eigenvalue weighted by Gasteiger charge is 2.22. The van der Waals surface area contributed by atoms with Gasteiger partial charge in [0.25, 0.3) is 5.91 Å². The van der Waals surface area contributed by atoms with Gasteiger partial charge in [-0.1, -0.05) is 56.3 Å². The number of amides is 1. The number of esters is 1. The predicted molar refractivity (Wildman–Crippen MR) is 111 cm³/mol. The molecule has 0 aliphatic carbocycles. The zero-order valence-corrected chi connectivity index (χ0v) is 17.1. The number of aryl methyl sites for hydroxylation is 1. The van der Waals surface area contributed by atoms with Crippen molar-refractivity contribution in [2.24, 2.45) is 5.10 Å². The second-order valence-corrected chi connectivity index (χ2v) is 7.31. The van der Waals surface area contributed by atoms with Crippen LogP contribution < -0.4 is 4.74 Å². The summed E-state index contributed by atoms with van der Waals surface area (Å²) >= 11 is 0. The molecular weight excluding hydrogens is 368 g/mol. The second kappa shape index (κ2) is 9.37. The first-order valence-corrected chi connectivity index (χ1v) is 9.76. The molecule has 29 heavy (non-hydrogen) atoms. The van der Waals surface area contributed by atoms with Gasteiger partial charge in [0.1, 0.15) is 5.75 Å². The Balaban J connectivity index is 1.48. The maximum atomic E-state index is 12.3. The molecule has 1 aliphatic heterocycles. The van der Waals surface area contributed by atoms with Gasteiger partial charge < -0.3 is 9.47 Å². The zero-order chi connectivity index (χ0) is 20.8. The monoisotopic (exact) mass is 394 g/mol. The smallest absolute Gasteiger partial charge is 0.344 e. The average molecular weight is 394 g/mol. The molecule has 6 nitrogen and oxygen atoms in total. The van der Waals surface area contributed by atoms with E-state index in [1.165, 1.54) is 5.01 Å². The number of benzene rings is 2. The minimum Gasteiger partial charge on any atom is -0.482 e. The van der Waals surface area contributed by atoms with Crippen LogP contribution in [-0.2, 0) is 14.3 Å². The summed E-state index contributed by atoms with van der Waals surface area (Å²) in [5.41, 5.74) is 3.93. The third-order valence-corrected chi connectivity index (χ3v) is 4.78. The average Bonchev–Trinajstić information content (AvgIpc) is 3.22. The Morgan fingerprint density at radius 1 is 1.10 bits per heavy atom. The lowest BCUT2D eigenvalue weighted by molar-refractivity contribution is -0.153. The van der Waals surface area contributed by atoms with Crippen LogP contribution in [0.5, 0.6) is 5.75 Å². The molecule has 1 amide bonds. The van der Waals surface area contributed by atoms with Gasteiger partial charge >= 0.3 is 5.97 Å². The molecule has 0 unspecified atom stereocenters. The van der Waals surface area contributed by atoms with Crippen molar-refractivity contribution in [1.29, 1.82) is 0 Å². The van der Waals surface area contributed by atoms with E-state index < -0.39 is 5.97 Å². The summed E-state index contributed by atoms with van der Waals surface area (Å²) in [6.07, 6.45) is 0.679. The SMILES string of the molecule is Cc1ccc(C(C)C)cc1OCC(=O)OCC(=O)N1CCC(c2ccccc2)=N1. The summed E-state index contributed by atoms with van der Waals surface area (Å²) in [6, 6.07) is 15.7. The third kappa shape index (κ3) is 5.44. The van der Waals surface area contributed by atoms with Gasteiger partial charge in [0.15, 0.2) is 13.2 Å². The van der Waals surface area contributed by atoms with E-state index in [1.807, 2.05) is 55.5 Å². The Labute approximate surface area is 171 Å². The van der Waals surface area contributed by atoms with E-state index in [9.17, 15) is 9.59 Å². The van der Waals surface area contributed by atoms with Gasteiger partial charge in [-0.25, -0.2) is 9.80 Å². The van der Waals surface area contributed by atoms with E-state index in [0.717, 1.165) is 22.4 Å². The first kappa shape index (κ1) is 20.6. The molecular formula is C23H26N2O4. The van der Waals surface area contributed by atoms with Crippen LogP contribution in [0.1, 0.15) is 42.9 Å². The van der Waals surface area contributed by atoms with Crippen molar-refractivity contribution in [2.75, 3.05) is 19.8 Å². The molecule has 3 rings (SSSR count). The number of nitrogens with zero attached hydrogens (tertiary/aromatic N) is 2. The van der Waals surface area contributed by atoms with Crippen LogP contribution >= 0.6 is 0 Å². The Morgan fingerprint density at radius 2 is 1.86 bits per heavy atom. The van der Waals surface area contributed by atoms with E-state index in [0.29, 0.717) is 24.6 Å². The van der Waals surface area contributed by atoms with Crippen molar-refractivity contribution in [1.82, 2.24) is 5.01 Å². The fourth-order valence-electron chi connectivity index (χ4n) is 3.00. The lowest BCUT2D eigenvalue weighted by Gasteiger charge is -2.13. The van der Waals surface area contributed by atoms with Crippen LogP contribution in [-0.4, -0.2) is 42.4 Å².